The van der Waals surface area contributed by atoms with Gasteiger partial charge in [-0.05, 0) is 37.5 Å². The van der Waals surface area contributed by atoms with E-state index in [-0.39, 0.29) is 0 Å². The van der Waals surface area contributed by atoms with Gasteiger partial charge in [-0.15, -0.1) is 0 Å². The molecular formula is C14H28. The standard InChI is InChI=1S/C12H22.C2H6/c1-12(2,3)10-9-11-7-5-4-6-8-11;1-2/h9H,4-8,10H2,1-3H3;1-2H3. The zero-order valence-corrected chi connectivity index (χ0v) is 10.8. The molecule has 0 radical (unpaired) electrons. The third-order valence-electron chi connectivity index (χ3n) is 2.50. The molecule has 1 aliphatic carbocycles. The summed E-state index contributed by atoms with van der Waals surface area (Å²) in [6, 6.07) is 0. The first-order valence-corrected chi connectivity index (χ1v) is 6.26. The molecule has 1 saturated carbocycles. The Morgan fingerprint density at radius 1 is 1.00 bits per heavy atom. The van der Waals surface area contributed by atoms with Crippen molar-refractivity contribution in [1.29, 1.82) is 0 Å². The molecule has 0 aromatic rings. The van der Waals surface area contributed by atoms with Crippen molar-refractivity contribution in [3.8, 4) is 0 Å². The molecule has 0 aliphatic heterocycles. The smallest absolute Gasteiger partial charge is 0.0299 e. The SMILES string of the molecule is CC.CC(C)(C)CC=C1CCCCC1. The first-order valence-electron chi connectivity index (χ1n) is 6.26. The van der Waals surface area contributed by atoms with Crippen LogP contribution in [0.1, 0.15) is 73.1 Å². The summed E-state index contributed by atoms with van der Waals surface area (Å²) in [6.45, 7) is 10.9. The van der Waals surface area contributed by atoms with Crippen LogP contribution in [0.2, 0.25) is 0 Å². The minimum atomic E-state index is 0.477. The van der Waals surface area contributed by atoms with Gasteiger partial charge in [0.1, 0.15) is 0 Å². The zero-order valence-electron chi connectivity index (χ0n) is 10.8. The topological polar surface area (TPSA) is 0 Å². The molecule has 0 bridgehead atoms. The first-order chi connectivity index (χ1) is 6.58. The molecule has 0 nitrogen and oxygen atoms in total. The fourth-order valence-corrected chi connectivity index (χ4v) is 1.66. The quantitative estimate of drug-likeness (QED) is 0.497. The van der Waals surface area contributed by atoms with Gasteiger partial charge in [-0.1, -0.05) is 52.7 Å². The summed E-state index contributed by atoms with van der Waals surface area (Å²) in [4.78, 5) is 0. The van der Waals surface area contributed by atoms with E-state index in [4.69, 9.17) is 0 Å². The van der Waals surface area contributed by atoms with Crippen molar-refractivity contribution in [3.05, 3.63) is 11.6 Å². The minimum absolute atomic E-state index is 0.477. The molecule has 14 heavy (non-hydrogen) atoms. The molecule has 0 atom stereocenters. The lowest BCUT2D eigenvalue weighted by molar-refractivity contribution is 0.417. The van der Waals surface area contributed by atoms with Crippen molar-refractivity contribution >= 4 is 0 Å². The fourth-order valence-electron chi connectivity index (χ4n) is 1.66. The highest BCUT2D eigenvalue weighted by Crippen LogP contribution is 2.26. The molecule has 1 rings (SSSR count). The summed E-state index contributed by atoms with van der Waals surface area (Å²) in [6.07, 6.45) is 10.8. The summed E-state index contributed by atoms with van der Waals surface area (Å²) in [5.74, 6) is 0. The molecule has 0 heterocycles. The van der Waals surface area contributed by atoms with E-state index in [0.29, 0.717) is 5.41 Å². The molecule has 0 unspecified atom stereocenters. The maximum atomic E-state index is 2.49. The van der Waals surface area contributed by atoms with Crippen molar-refractivity contribution in [2.45, 2.75) is 73.1 Å². The molecule has 0 spiro atoms. The van der Waals surface area contributed by atoms with E-state index >= 15 is 0 Å². The molecule has 0 N–H and O–H groups in total. The van der Waals surface area contributed by atoms with Gasteiger partial charge in [0.25, 0.3) is 0 Å². The third kappa shape index (κ3) is 7.17. The second-order valence-electron chi connectivity index (χ2n) is 5.19. The molecule has 0 heteroatoms. The lowest BCUT2D eigenvalue weighted by atomic mass is 9.88. The highest BCUT2D eigenvalue weighted by molar-refractivity contribution is 5.05. The van der Waals surface area contributed by atoms with Crippen LogP contribution in [-0.4, -0.2) is 0 Å². The van der Waals surface area contributed by atoms with Gasteiger partial charge in [0.05, 0.1) is 0 Å². The van der Waals surface area contributed by atoms with E-state index in [2.05, 4.69) is 26.8 Å². The Morgan fingerprint density at radius 3 is 1.93 bits per heavy atom. The van der Waals surface area contributed by atoms with Crippen LogP contribution in [0, 0.1) is 5.41 Å². The normalized spacial score (nSPS) is 17.1. The van der Waals surface area contributed by atoms with E-state index in [1.807, 2.05) is 13.8 Å². The highest BCUT2D eigenvalue weighted by Gasteiger charge is 2.10. The van der Waals surface area contributed by atoms with Crippen molar-refractivity contribution < 1.29 is 0 Å². The number of allylic oxidation sites excluding steroid dienone is 2. The van der Waals surface area contributed by atoms with Crippen LogP contribution in [0.25, 0.3) is 0 Å². The molecule has 0 saturated heterocycles. The maximum absolute atomic E-state index is 2.49. The van der Waals surface area contributed by atoms with Gasteiger partial charge in [0, 0.05) is 0 Å². The van der Waals surface area contributed by atoms with E-state index in [1.165, 1.54) is 38.5 Å². The van der Waals surface area contributed by atoms with E-state index in [9.17, 15) is 0 Å². The van der Waals surface area contributed by atoms with Crippen LogP contribution >= 0.6 is 0 Å². The predicted molar refractivity (Wildman–Crippen MR) is 66.6 cm³/mol. The van der Waals surface area contributed by atoms with Gasteiger partial charge in [0.2, 0.25) is 0 Å². The maximum Gasteiger partial charge on any atom is -0.0299 e. The average Bonchev–Trinajstić information content (AvgIpc) is 2.19. The lowest BCUT2D eigenvalue weighted by Crippen LogP contribution is -2.03. The number of rotatable bonds is 1. The highest BCUT2D eigenvalue weighted by atomic mass is 14.2. The first kappa shape index (κ1) is 13.7. The summed E-state index contributed by atoms with van der Waals surface area (Å²) in [7, 11) is 0. The van der Waals surface area contributed by atoms with Crippen molar-refractivity contribution in [1.82, 2.24) is 0 Å². The van der Waals surface area contributed by atoms with Crippen LogP contribution in [-0.2, 0) is 0 Å². The van der Waals surface area contributed by atoms with Gasteiger partial charge in [0.15, 0.2) is 0 Å². The molecule has 0 aromatic carbocycles. The second-order valence-corrected chi connectivity index (χ2v) is 5.19. The van der Waals surface area contributed by atoms with Gasteiger partial charge in [-0.25, -0.2) is 0 Å². The Morgan fingerprint density at radius 2 is 1.50 bits per heavy atom. The van der Waals surface area contributed by atoms with Gasteiger partial charge in [-0.3, -0.25) is 0 Å². The molecule has 0 aromatic heterocycles. The minimum Gasteiger partial charge on any atom is -0.0848 e. The van der Waals surface area contributed by atoms with Gasteiger partial charge in [-0.2, -0.15) is 0 Å². The number of hydrogen-bond acceptors (Lipinski definition) is 0. The molecule has 1 aliphatic rings. The van der Waals surface area contributed by atoms with Gasteiger partial charge < -0.3 is 0 Å². The third-order valence-corrected chi connectivity index (χ3v) is 2.50. The molecule has 84 valence electrons. The van der Waals surface area contributed by atoms with Gasteiger partial charge >= 0.3 is 0 Å². The van der Waals surface area contributed by atoms with Crippen molar-refractivity contribution in [3.63, 3.8) is 0 Å². The Bertz CT molecular complexity index is 149. The fraction of sp³-hybridized carbons (Fsp3) is 0.857. The summed E-state index contributed by atoms with van der Waals surface area (Å²) < 4.78 is 0. The monoisotopic (exact) mass is 196 g/mol. The van der Waals surface area contributed by atoms with Crippen LogP contribution in [0.5, 0.6) is 0 Å². The Kier molecular flexibility index (Phi) is 6.96. The lowest BCUT2D eigenvalue weighted by Gasteiger charge is -2.18. The largest absolute Gasteiger partial charge is 0.0848 e. The van der Waals surface area contributed by atoms with E-state index in [0.717, 1.165) is 0 Å². The molecular weight excluding hydrogens is 168 g/mol. The Labute approximate surface area is 90.8 Å². The Balaban J connectivity index is 0.000000791. The summed E-state index contributed by atoms with van der Waals surface area (Å²) >= 11 is 0. The summed E-state index contributed by atoms with van der Waals surface area (Å²) in [5, 5.41) is 0. The molecule has 0 amide bonds. The number of hydrogen-bond donors (Lipinski definition) is 0. The zero-order chi connectivity index (χ0) is 11.0. The van der Waals surface area contributed by atoms with Crippen LogP contribution < -0.4 is 0 Å². The van der Waals surface area contributed by atoms with Crippen LogP contribution in [0.3, 0.4) is 0 Å². The van der Waals surface area contributed by atoms with Crippen LogP contribution in [0.15, 0.2) is 11.6 Å². The van der Waals surface area contributed by atoms with E-state index in [1.54, 1.807) is 5.57 Å². The van der Waals surface area contributed by atoms with Crippen molar-refractivity contribution in [2.75, 3.05) is 0 Å². The summed E-state index contributed by atoms with van der Waals surface area (Å²) in [5.41, 5.74) is 2.20. The van der Waals surface area contributed by atoms with E-state index < -0.39 is 0 Å². The van der Waals surface area contributed by atoms with Crippen LogP contribution in [0.4, 0.5) is 0 Å². The average molecular weight is 196 g/mol. The molecule has 1 fully saturated rings. The second kappa shape index (κ2) is 7.09. The Hall–Kier alpha value is -0.260. The predicted octanol–water partition coefficient (Wildman–Crippen LogP) is 5.34. The van der Waals surface area contributed by atoms with Crippen molar-refractivity contribution in [2.24, 2.45) is 5.41 Å².